The van der Waals surface area contributed by atoms with E-state index in [2.05, 4.69) is 48.3 Å². The number of nitrogens with two attached hydrogens (primary N) is 1. The van der Waals surface area contributed by atoms with Crippen LogP contribution in [0.2, 0.25) is 0 Å². The molecule has 23 heavy (non-hydrogen) atoms. The molecule has 2 rings (SSSR count). The molecule has 1 aromatic heterocycles. The summed E-state index contributed by atoms with van der Waals surface area (Å²) in [5.41, 5.74) is 10.4. The van der Waals surface area contributed by atoms with Crippen molar-refractivity contribution in [3.63, 3.8) is 0 Å². The second-order valence-electron chi connectivity index (χ2n) is 5.73. The molecule has 0 spiro atoms. The van der Waals surface area contributed by atoms with Gasteiger partial charge in [-0.05, 0) is 30.0 Å². The smallest absolute Gasteiger partial charge is 0.193 e. The quantitative estimate of drug-likeness (QED) is 0.435. The van der Waals surface area contributed by atoms with Crippen molar-refractivity contribution in [1.82, 2.24) is 9.78 Å². The van der Waals surface area contributed by atoms with Crippen LogP contribution in [-0.4, -0.2) is 15.7 Å². The fourth-order valence-electron chi connectivity index (χ4n) is 2.35. The fourth-order valence-corrected chi connectivity index (χ4v) is 2.35. The summed E-state index contributed by atoms with van der Waals surface area (Å²) in [6.07, 6.45) is 2.89. The van der Waals surface area contributed by atoms with Gasteiger partial charge in [-0.15, -0.1) is 24.0 Å². The molecule has 126 valence electrons. The van der Waals surface area contributed by atoms with E-state index in [4.69, 9.17) is 5.73 Å². The average Bonchev–Trinajstić information content (AvgIpc) is 2.85. The van der Waals surface area contributed by atoms with Crippen LogP contribution >= 0.6 is 24.0 Å². The number of nitrogens with one attached hydrogen (secondary N) is 1. The van der Waals surface area contributed by atoms with Crippen LogP contribution in [0.15, 0.2) is 35.5 Å². The molecule has 0 radical (unpaired) electrons. The number of aromatic nitrogens is 2. The minimum Gasteiger partial charge on any atom is -0.370 e. The molecule has 0 aliphatic carbocycles. The molecule has 0 fully saturated rings. The highest BCUT2D eigenvalue weighted by Crippen LogP contribution is 2.18. The predicted octanol–water partition coefficient (Wildman–Crippen LogP) is 3.65. The summed E-state index contributed by atoms with van der Waals surface area (Å²) in [6.45, 7) is 6.98. The molecule has 1 aromatic carbocycles. The van der Waals surface area contributed by atoms with Crippen molar-refractivity contribution in [1.29, 1.82) is 0 Å². The molecule has 5 nitrogen and oxygen atoms in total. The first kappa shape index (κ1) is 19.5. The van der Waals surface area contributed by atoms with Crippen molar-refractivity contribution in [3.05, 3.63) is 47.3 Å². The standard InChI is InChI=1S/C17H25N5.HI/c1-5-16-14(11-22(4)21-16)10-19-17(18)20-15-8-6-7-13(9-15)12(2)3;/h6-9,11-12H,5,10H2,1-4H3,(H3,18,19,20);1H. The third kappa shape index (κ3) is 5.53. The van der Waals surface area contributed by atoms with Crippen LogP contribution in [0.25, 0.3) is 0 Å². The minimum absolute atomic E-state index is 0. The predicted molar refractivity (Wildman–Crippen MR) is 107 cm³/mol. The maximum atomic E-state index is 5.99. The van der Waals surface area contributed by atoms with Crippen LogP contribution in [0, 0.1) is 0 Å². The Morgan fingerprint density at radius 1 is 1.39 bits per heavy atom. The zero-order valence-corrected chi connectivity index (χ0v) is 16.5. The highest BCUT2D eigenvalue weighted by molar-refractivity contribution is 14.0. The number of hydrogen-bond donors (Lipinski definition) is 2. The molecule has 0 aliphatic rings. The first-order valence-electron chi connectivity index (χ1n) is 7.68. The topological polar surface area (TPSA) is 68.2 Å². The lowest BCUT2D eigenvalue weighted by molar-refractivity contribution is 0.746. The molecule has 0 aliphatic heterocycles. The van der Waals surface area contributed by atoms with Gasteiger partial charge in [-0.25, -0.2) is 4.99 Å². The first-order chi connectivity index (χ1) is 10.5. The van der Waals surface area contributed by atoms with E-state index in [9.17, 15) is 0 Å². The van der Waals surface area contributed by atoms with E-state index in [1.165, 1.54) is 5.56 Å². The number of halogens is 1. The van der Waals surface area contributed by atoms with Gasteiger partial charge in [0.05, 0.1) is 12.2 Å². The summed E-state index contributed by atoms with van der Waals surface area (Å²) in [5.74, 6) is 0.911. The van der Waals surface area contributed by atoms with Crippen LogP contribution in [-0.2, 0) is 20.0 Å². The number of hydrogen-bond acceptors (Lipinski definition) is 2. The zero-order chi connectivity index (χ0) is 16.1. The summed E-state index contributed by atoms with van der Waals surface area (Å²) in [7, 11) is 1.92. The normalized spacial score (nSPS) is 11.4. The lowest BCUT2D eigenvalue weighted by atomic mass is 10.0. The molecule has 0 saturated carbocycles. The molecular weight excluding hydrogens is 401 g/mol. The Morgan fingerprint density at radius 3 is 2.78 bits per heavy atom. The summed E-state index contributed by atoms with van der Waals surface area (Å²) in [6, 6.07) is 8.25. The largest absolute Gasteiger partial charge is 0.370 e. The number of aliphatic imine (C=N–C) groups is 1. The van der Waals surface area contributed by atoms with Crippen LogP contribution in [0.5, 0.6) is 0 Å². The molecule has 3 N–H and O–H groups in total. The maximum absolute atomic E-state index is 5.99. The summed E-state index contributed by atoms with van der Waals surface area (Å²) >= 11 is 0. The maximum Gasteiger partial charge on any atom is 0.193 e. The van der Waals surface area contributed by atoms with E-state index >= 15 is 0 Å². The van der Waals surface area contributed by atoms with E-state index in [0.29, 0.717) is 18.4 Å². The van der Waals surface area contributed by atoms with Crippen LogP contribution in [0.3, 0.4) is 0 Å². The van der Waals surface area contributed by atoms with Gasteiger partial charge < -0.3 is 11.1 Å². The summed E-state index contributed by atoms with van der Waals surface area (Å²) < 4.78 is 1.82. The number of guanidine groups is 1. The second kappa shape index (κ2) is 8.90. The Labute approximate surface area is 155 Å². The average molecular weight is 427 g/mol. The lowest BCUT2D eigenvalue weighted by Crippen LogP contribution is -2.22. The van der Waals surface area contributed by atoms with E-state index in [-0.39, 0.29) is 24.0 Å². The monoisotopic (exact) mass is 427 g/mol. The van der Waals surface area contributed by atoms with Gasteiger partial charge in [-0.2, -0.15) is 5.10 Å². The molecule has 6 heteroatoms. The van der Waals surface area contributed by atoms with Crippen molar-refractivity contribution in [2.75, 3.05) is 5.32 Å². The fraction of sp³-hybridized carbons (Fsp3) is 0.412. The van der Waals surface area contributed by atoms with Gasteiger partial charge in [0.25, 0.3) is 0 Å². The number of benzene rings is 1. The second-order valence-corrected chi connectivity index (χ2v) is 5.73. The Hall–Kier alpha value is -1.57. The van der Waals surface area contributed by atoms with Gasteiger partial charge in [0.2, 0.25) is 0 Å². The Morgan fingerprint density at radius 2 is 2.13 bits per heavy atom. The molecular formula is C17H26IN5. The van der Waals surface area contributed by atoms with Gasteiger partial charge in [-0.3, -0.25) is 4.68 Å². The van der Waals surface area contributed by atoms with Gasteiger partial charge >= 0.3 is 0 Å². The molecule has 0 atom stereocenters. The van der Waals surface area contributed by atoms with E-state index in [0.717, 1.165) is 23.4 Å². The molecule has 0 bridgehead atoms. The number of rotatable bonds is 5. The van der Waals surface area contributed by atoms with Crippen LogP contribution in [0.4, 0.5) is 5.69 Å². The van der Waals surface area contributed by atoms with Gasteiger partial charge in [-0.1, -0.05) is 32.9 Å². The Balaban J connectivity index is 0.00000264. The molecule has 0 amide bonds. The van der Waals surface area contributed by atoms with E-state index in [1.807, 2.05) is 30.1 Å². The Bertz CT molecular complexity index is 661. The highest BCUT2D eigenvalue weighted by Gasteiger charge is 2.05. The highest BCUT2D eigenvalue weighted by atomic mass is 127. The molecule has 2 aromatic rings. The SMILES string of the molecule is CCc1nn(C)cc1CN=C(N)Nc1cccc(C(C)C)c1.I. The van der Waals surface area contributed by atoms with Gasteiger partial charge in [0.15, 0.2) is 5.96 Å². The zero-order valence-electron chi connectivity index (χ0n) is 14.2. The molecule has 1 heterocycles. The third-order valence-electron chi connectivity index (χ3n) is 3.57. The van der Waals surface area contributed by atoms with Crippen LogP contribution in [0.1, 0.15) is 43.5 Å². The van der Waals surface area contributed by atoms with Crippen molar-refractivity contribution < 1.29 is 0 Å². The number of anilines is 1. The van der Waals surface area contributed by atoms with E-state index in [1.54, 1.807) is 0 Å². The number of aryl methyl sites for hydroxylation is 2. The Kier molecular flexibility index (Phi) is 7.54. The third-order valence-corrected chi connectivity index (χ3v) is 3.57. The van der Waals surface area contributed by atoms with Crippen molar-refractivity contribution in [3.8, 4) is 0 Å². The summed E-state index contributed by atoms with van der Waals surface area (Å²) in [5, 5.41) is 7.56. The minimum atomic E-state index is 0. The van der Waals surface area contributed by atoms with E-state index < -0.39 is 0 Å². The first-order valence-corrected chi connectivity index (χ1v) is 7.68. The van der Waals surface area contributed by atoms with Crippen molar-refractivity contribution in [2.24, 2.45) is 17.8 Å². The van der Waals surface area contributed by atoms with Crippen molar-refractivity contribution >= 4 is 35.6 Å². The number of nitrogens with zero attached hydrogens (tertiary/aromatic N) is 3. The lowest BCUT2D eigenvalue weighted by Gasteiger charge is -2.10. The molecule has 0 unspecified atom stereocenters. The molecule has 0 saturated heterocycles. The summed E-state index contributed by atoms with van der Waals surface area (Å²) in [4.78, 5) is 4.42. The van der Waals surface area contributed by atoms with Gasteiger partial charge in [0.1, 0.15) is 0 Å². The van der Waals surface area contributed by atoms with Gasteiger partial charge in [0, 0.05) is 24.5 Å². The van der Waals surface area contributed by atoms with Crippen LogP contribution < -0.4 is 11.1 Å². The van der Waals surface area contributed by atoms with Crippen molar-refractivity contribution in [2.45, 2.75) is 39.7 Å².